The van der Waals surface area contributed by atoms with E-state index in [1.165, 1.54) is 19.2 Å². The van der Waals surface area contributed by atoms with E-state index in [0.29, 0.717) is 33.8 Å². The Balaban J connectivity index is 1.44. The summed E-state index contributed by atoms with van der Waals surface area (Å²) in [7, 11) is 3.36. The molecule has 5 rings (SSSR count). The van der Waals surface area contributed by atoms with Gasteiger partial charge in [-0.3, -0.25) is 5.10 Å². The van der Waals surface area contributed by atoms with Crippen LogP contribution in [0.5, 0.6) is 5.75 Å². The molecule has 34 heavy (non-hydrogen) atoms. The van der Waals surface area contributed by atoms with E-state index in [1.807, 2.05) is 11.0 Å². The lowest BCUT2D eigenvalue weighted by Crippen LogP contribution is -2.44. The van der Waals surface area contributed by atoms with Crippen LogP contribution in [0.25, 0.3) is 22.3 Å². The Morgan fingerprint density at radius 2 is 1.76 bits per heavy atom. The lowest BCUT2D eigenvalue weighted by molar-refractivity contribution is 0.311. The van der Waals surface area contributed by atoms with Gasteiger partial charge in [0.05, 0.1) is 30.4 Å². The van der Waals surface area contributed by atoms with Crippen molar-refractivity contribution in [2.24, 2.45) is 0 Å². The predicted octanol–water partition coefficient (Wildman–Crippen LogP) is 4.55. The first kappa shape index (κ1) is 22.0. The largest absolute Gasteiger partial charge is 0.493 e. The van der Waals surface area contributed by atoms with Crippen molar-refractivity contribution in [3.05, 3.63) is 60.0 Å². The fraction of sp³-hybridized carbons (Fsp3) is 0.250. The molecule has 0 bridgehead atoms. The molecule has 2 aromatic carbocycles. The summed E-state index contributed by atoms with van der Waals surface area (Å²) >= 11 is 0. The van der Waals surface area contributed by atoms with Gasteiger partial charge >= 0.3 is 0 Å². The van der Waals surface area contributed by atoms with Crippen LogP contribution in [0.15, 0.2) is 42.6 Å². The van der Waals surface area contributed by atoms with Gasteiger partial charge in [0.15, 0.2) is 17.2 Å². The number of likely N-dealkylation sites (N-methyl/N-ethyl adjacent to an activating group) is 1. The van der Waals surface area contributed by atoms with Crippen LogP contribution in [0.4, 0.5) is 30.2 Å². The number of piperazine rings is 1. The third kappa shape index (κ3) is 4.12. The number of fused-ring (bicyclic) bond motifs is 1. The molecule has 7 nitrogen and oxygen atoms in total. The first-order valence-corrected chi connectivity index (χ1v) is 10.8. The summed E-state index contributed by atoms with van der Waals surface area (Å²) < 4.78 is 48.2. The van der Waals surface area contributed by atoms with Gasteiger partial charge in [-0.15, -0.1) is 0 Å². The van der Waals surface area contributed by atoms with E-state index in [1.54, 1.807) is 18.3 Å². The average Bonchev–Trinajstić information content (AvgIpc) is 3.23. The number of methoxy groups -OCH3 is 1. The SMILES string of the molecule is COc1c(F)cc(F)cc1-c1[nH]nc2ncc(Nc3ccc(N4CCN(C)CC4)c(F)c3)cc12. The zero-order valence-corrected chi connectivity index (χ0v) is 18.7. The molecule has 1 aliphatic rings. The second kappa shape index (κ2) is 8.86. The third-order valence-electron chi connectivity index (χ3n) is 5.97. The number of hydrogen-bond acceptors (Lipinski definition) is 6. The molecule has 0 amide bonds. The monoisotopic (exact) mass is 468 g/mol. The van der Waals surface area contributed by atoms with Gasteiger partial charge in [-0.1, -0.05) is 0 Å². The number of H-pyrrole nitrogens is 1. The molecule has 0 atom stereocenters. The molecule has 176 valence electrons. The highest BCUT2D eigenvalue weighted by Crippen LogP contribution is 2.36. The van der Waals surface area contributed by atoms with Crippen LogP contribution in [0.1, 0.15) is 0 Å². The van der Waals surface area contributed by atoms with E-state index in [-0.39, 0.29) is 17.1 Å². The number of aromatic amines is 1. The van der Waals surface area contributed by atoms with Gasteiger partial charge in [0.2, 0.25) is 0 Å². The van der Waals surface area contributed by atoms with Gasteiger partial charge in [-0.25, -0.2) is 18.2 Å². The Bertz CT molecular complexity index is 1350. The number of aromatic nitrogens is 3. The molecule has 2 aromatic heterocycles. The minimum absolute atomic E-state index is 0.105. The van der Waals surface area contributed by atoms with Crippen LogP contribution < -0.4 is 15.0 Å². The first-order chi connectivity index (χ1) is 16.4. The Morgan fingerprint density at radius 1 is 0.971 bits per heavy atom. The van der Waals surface area contributed by atoms with Crippen LogP contribution in [0.3, 0.4) is 0 Å². The first-order valence-electron chi connectivity index (χ1n) is 10.8. The van der Waals surface area contributed by atoms with Crippen LogP contribution >= 0.6 is 0 Å². The van der Waals surface area contributed by atoms with E-state index >= 15 is 0 Å². The Labute approximate surface area is 194 Å². The average molecular weight is 468 g/mol. The number of anilines is 3. The Kier molecular flexibility index (Phi) is 5.74. The molecular formula is C24H23F3N6O. The standard InChI is InChI=1S/C24H23F3N6O/c1-32-5-7-33(8-6-32)21-4-3-15(12-19(21)26)29-16-11-18-22(30-31-24(18)28-13-16)17-9-14(25)10-20(27)23(17)34-2/h3-4,9-13,29H,5-8H2,1-2H3,(H,28,30,31). The molecule has 0 unspecified atom stereocenters. The van der Waals surface area contributed by atoms with Crippen molar-refractivity contribution in [2.45, 2.75) is 0 Å². The molecule has 0 aliphatic carbocycles. The van der Waals surface area contributed by atoms with Crippen LogP contribution in [-0.2, 0) is 0 Å². The van der Waals surface area contributed by atoms with Gasteiger partial charge in [-0.05, 0) is 37.4 Å². The summed E-state index contributed by atoms with van der Waals surface area (Å²) in [5, 5.41) is 10.6. The molecule has 10 heteroatoms. The van der Waals surface area contributed by atoms with Crippen molar-refractivity contribution in [3.63, 3.8) is 0 Å². The fourth-order valence-corrected chi connectivity index (χ4v) is 4.18. The van der Waals surface area contributed by atoms with Gasteiger partial charge in [0, 0.05) is 48.9 Å². The minimum Gasteiger partial charge on any atom is -0.493 e. The van der Waals surface area contributed by atoms with Gasteiger partial charge < -0.3 is 19.9 Å². The maximum Gasteiger partial charge on any atom is 0.181 e. The van der Waals surface area contributed by atoms with Gasteiger partial charge in [0.1, 0.15) is 11.6 Å². The lowest BCUT2D eigenvalue weighted by Gasteiger charge is -2.34. The molecule has 1 saturated heterocycles. The van der Waals surface area contributed by atoms with Crippen molar-refractivity contribution in [3.8, 4) is 17.0 Å². The van der Waals surface area contributed by atoms with Crippen molar-refractivity contribution in [1.82, 2.24) is 20.1 Å². The van der Waals surface area contributed by atoms with Gasteiger partial charge in [-0.2, -0.15) is 5.10 Å². The number of hydrogen-bond donors (Lipinski definition) is 2. The molecule has 1 aliphatic heterocycles. The van der Waals surface area contributed by atoms with Crippen LogP contribution in [0.2, 0.25) is 0 Å². The highest BCUT2D eigenvalue weighted by atomic mass is 19.1. The summed E-state index contributed by atoms with van der Waals surface area (Å²) in [6.07, 6.45) is 1.56. The predicted molar refractivity (Wildman–Crippen MR) is 125 cm³/mol. The van der Waals surface area contributed by atoms with E-state index in [4.69, 9.17) is 4.74 Å². The number of pyridine rings is 1. The third-order valence-corrected chi connectivity index (χ3v) is 5.97. The number of nitrogens with one attached hydrogen (secondary N) is 2. The van der Waals surface area contributed by atoms with Crippen LogP contribution in [0, 0.1) is 17.5 Å². The summed E-state index contributed by atoms with van der Waals surface area (Å²) in [5.41, 5.74) is 2.60. The van der Waals surface area contributed by atoms with Crippen molar-refractivity contribution < 1.29 is 17.9 Å². The van der Waals surface area contributed by atoms with Crippen LogP contribution in [-0.4, -0.2) is 60.4 Å². The molecule has 0 spiro atoms. The zero-order valence-electron chi connectivity index (χ0n) is 18.7. The smallest absolute Gasteiger partial charge is 0.181 e. The Hall–Kier alpha value is -3.79. The normalized spacial score (nSPS) is 14.6. The lowest BCUT2D eigenvalue weighted by atomic mass is 10.1. The van der Waals surface area contributed by atoms with Crippen molar-refractivity contribution >= 4 is 28.1 Å². The number of halogens is 3. The minimum atomic E-state index is -0.821. The van der Waals surface area contributed by atoms with E-state index < -0.39 is 11.6 Å². The quantitative estimate of drug-likeness (QED) is 0.448. The molecular weight excluding hydrogens is 445 g/mol. The number of nitrogens with zero attached hydrogens (tertiary/aromatic N) is 4. The topological polar surface area (TPSA) is 69.3 Å². The van der Waals surface area contributed by atoms with Crippen molar-refractivity contribution in [1.29, 1.82) is 0 Å². The van der Waals surface area contributed by atoms with E-state index in [2.05, 4.69) is 32.4 Å². The molecule has 1 fully saturated rings. The van der Waals surface area contributed by atoms with Crippen molar-refractivity contribution in [2.75, 3.05) is 50.6 Å². The molecule has 4 aromatic rings. The summed E-state index contributed by atoms with van der Waals surface area (Å²) in [6, 6.07) is 8.67. The molecule has 0 radical (unpaired) electrons. The summed E-state index contributed by atoms with van der Waals surface area (Å²) in [5.74, 6) is -1.98. The number of benzene rings is 2. The number of rotatable bonds is 5. The highest BCUT2D eigenvalue weighted by molar-refractivity contribution is 5.94. The molecule has 3 heterocycles. The zero-order chi connectivity index (χ0) is 23.8. The maximum atomic E-state index is 14.9. The maximum absolute atomic E-state index is 14.9. The fourth-order valence-electron chi connectivity index (χ4n) is 4.18. The van der Waals surface area contributed by atoms with E-state index in [0.717, 1.165) is 32.2 Å². The second-order valence-corrected chi connectivity index (χ2v) is 8.24. The van der Waals surface area contributed by atoms with Gasteiger partial charge in [0.25, 0.3) is 0 Å². The highest BCUT2D eigenvalue weighted by Gasteiger charge is 2.20. The number of ether oxygens (including phenoxy) is 1. The molecule has 0 saturated carbocycles. The van der Waals surface area contributed by atoms with E-state index in [9.17, 15) is 13.2 Å². The second-order valence-electron chi connectivity index (χ2n) is 8.24. The summed E-state index contributed by atoms with van der Waals surface area (Å²) in [4.78, 5) is 8.56. The summed E-state index contributed by atoms with van der Waals surface area (Å²) in [6.45, 7) is 3.32. The molecule has 2 N–H and O–H groups in total. The Morgan fingerprint density at radius 3 is 2.50 bits per heavy atom.